The first kappa shape index (κ1) is 23.9. The van der Waals surface area contributed by atoms with Gasteiger partial charge in [-0.15, -0.1) is 0 Å². The molecule has 2 N–H and O–H groups in total. The molecule has 0 unspecified atom stereocenters. The fraction of sp³-hybridized carbons (Fsp3) is 0.292. The van der Waals surface area contributed by atoms with E-state index in [4.69, 9.17) is 4.74 Å². The number of amides is 1. The molecule has 174 valence electrons. The number of hydrogen-bond donors (Lipinski definition) is 2. The molecular weight excluding hydrogens is 428 g/mol. The van der Waals surface area contributed by atoms with Crippen LogP contribution in [0, 0.1) is 25.5 Å². The molecule has 33 heavy (non-hydrogen) atoms. The van der Waals surface area contributed by atoms with Crippen LogP contribution in [0.25, 0.3) is 0 Å². The molecule has 1 amide bonds. The van der Waals surface area contributed by atoms with Gasteiger partial charge in [0.15, 0.2) is 11.6 Å². The third kappa shape index (κ3) is 5.74. The van der Waals surface area contributed by atoms with Crippen LogP contribution >= 0.6 is 0 Å². The molecule has 0 aliphatic rings. The van der Waals surface area contributed by atoms with E-state index < -0.39 is 17.5 Å². The number of benzene rings is 2. The molecule has 0 radical (unpaired) electrons. The van der Waals surface area contributed by atoms with Crippen molar-refractivity contribution in [3.8, 4) is 5.75 Å². The van der Waals surface area contributed by atoms with Gasteiger partial charge in [-0.1, -0.05) is 12.1 Å². The number of rotatable bonds is 7. The van der Waals surface area contributed by atoms with Crippen molar-refractivity contribution in [2.45, 2.75) is 40.8 Å². The summed E-state index contributed by atoms with van der Waals surface area (Å²) in [4.78, 5) is 17.3. The van der Waals surface area contributed by atoms with Crippen molar-refractivity contribution in [2.75, 3.05) is 11.9 Å². The number of aliphatic imine (C=N–C) groups is 1. The van der Waals surface area contributed by atoms with E-state index in [1.165, 1.54) is 6.07 Å². The molecule has 0 aliphatic carbocycles. The van der Waals surface area contributed by atoms with E-state index in [1.54, 1.807) is 12.1 Å². The van der Waals surface area contributed by atoms with E-state index in [0.717, 1.165) is 35.6 Å². The number of nitrogens with zero attached hydrogens (tertiary/aromatic N) is 3. The fourth-order valence-corrected chi connectivity index (χ4v) is 3.34. The average molecular weight is 456 g/mol. The highest BCUT2D eigenvalue weighted by atomic mass is 19.2. The van der Waals surface area contributed by atoms with Gasteiger partial charge in [0.1, 0.15) is 5.75 Å². The van der Waals surface area contributed by atoms with Crippen molar-refractivity contribution < 1.29 is 18.3 Å². The number of para-hydroxylation sites is 2. The van der Waals surface area contributed by atoms with E-state index in [-0.39, 0.29) is 18.1 Å². The summed E-state index contributed by atoms with van der Waals surface area (Å²) in [5.74, 6) is -2.04. The van der Waals surface area contributed by atoms with E-state index in [2.05, 4.69) is 20.7 Å². The summed E-state index contributed by atoms with van der Waals surface area (Å²) in [6.45, 7) is 9.19. The topological polar surface area (TPSA) is 80.5 Å². The van der Waals surface area contributed by atoms with E-state index >= 15 is 0 Å². The minimum absolute atomic E-state index is 0.0346. The van der Waals surface area contributed by atoms with Gasteiger partial charge in [-0.05, 0) is 58.0 Å². The number of carbonyl (C=O) groups excluding carboxylic acids is 1. The van der Waals surface area contributed by atoms with Crippen LogP contribution in [0.5, 0.6) is 5.75 Å². The maximum Gasteiger partial charge on any atom is 0.258 e. The number of anilines is 1. The lowest BCUT2D eigenvalue weighted by atomic mass is 10.2. The number of ether oxygens (including phenoxy) is 1. The van der Waals surface area contributed by atoms with Crippen molar-refractivity contribution in [3.63, 3.8) is 0 Å². The molecule has 7 nitrogen and oxygen atoms in total. The third-order valence-electron chi connectivity index (χ3n) is 5.08. The summed E-state index contributed by atoms with van der Waals surface area (Å²) in [7, 11) is 0. The number of aryl methyl sites for hydroxylation is 2. The minimum atomic E-state index is -1.10. The van der Waals surface area contributed by atoms with Crippen LogP contribution in [-0.2, 0) is 13.1 Å². The molecule has 0 spiro atoms. The SMILES string of the molecule is CCOc1ccccc1NC(=NCc1c(C)nn(CC)c1C)NC(=O)c1ccc(F)c(F)c1. The van der Waals surface area contributed by atoms with Gasteiger partial charge in [0, 0.05) is 23.4 Å². The highest BCUT2D eigenvalue weighted by Crippen LogP contribution is 2.24. The zero-order valence-electron chi connectivity index (χ0n) is 19.1. The minimum Gasteiger partial charge on any atom is -0.492 e. The number of halogens is 2. The maximum atomic E-state index is 13.6. The molecule has 9 heteroatoms. The predicted octanol–water partition coefficient (Wildman–Crippen LogP) is 4.59. The van der Waals surface area contributed by atoms with Crippen LogP contribution in [-0.4, -0.2) is 28.3 Å². The van der Waals surface area contributed by atoms with Crippen LogP contribution < -0.4 is 15.4 Å². The molecule has 0 bridgehead atoms. The van der Waals surface area contributed by atoms with Gasteiger partial charge in [0.25, 0.3) is 5.91 Å². The summed E-state index contributed by atoms with van der Waals surface area (Å²) in [5, 5.41) is 10.2. The Morgan fingerprint density at radius 3 is 2.55 bits per heavy atom. The second-order valence-electron chi connectivity index (χ2n) is 7.27. The van der Waals surface area contributed by atoms with Crippen molar-refractivity contribution in [1.82, 2.24) is 15.1 Å². The molecule has 0 atom stereocenters. The number of carbonyl (C=O) groups is 1. The zero-order valence-corrected chi connectivity index (χ0v) is 19.1. The number of nitrogens with one attached hydrogen (secondary N) is 2. The Hall–Kier alpha value is -3.75. The number of guanidine groups is 1. The first-order valence-corrected chi connectivity index (χ1v) is 10.7. The van der Waals surface area contributed by atoms with Gasteiger partial charge in [-0.2, -0.15) is 5.10 Å². The molecule has 2 aromatic carbocycles. The molecule has 0 saturated carbocycles. The van der Waals surface area contributed by atoms with Gasteiger partial charge < -0.3 is 10.1 Å². The monoisotopic (exact) mass is 455 g/mol. The molecular formula is C24H27F2N5O2. The number of aromatic nitrogens is 2. The quantitative estimate of drug-likeness (QED) is 0.403. The summed E-state index contributed by atoms with van der Waals surface area (Å²) < 4.78 is 34.4. The summed E-state index contributed by atoms with van der Waals surface area (Å²) >= 11 is 0. The van der Waals surface area contributed by atoms with Crippen LogP contribution in [0.15, 0.2) is 47.5 Å². The van der Waals surface area contributed by atoms with Crippen molar-refractivity contribution >= 4 is 17.6 Å². The maximum absolute atomic E-state index is 13.6. The second-order valence-corrected chi connectivity index (χ2v) is 7.27. The van der Waals surface area contributed by atoms with Gasteiger partial charge in [0.2, 0.25) is 5.96 Å². The standard InChI is InChI=1S/C24H27F2N5O2/c1-5-31-16(4)18(15(3)30-31)14-27-24(28-21-9-7-8-10-22(21)33-6-2)29-23(32)17-11-12-19(25)20(26)13-17/h7-13H,5-6,14H2,1-4H3,(H2,27,28,29,32). The molecule has 1 aromatic heterocycles. The smallest absolute Gasteiger partial charge is 0.258 e. The van der Waals surface area contributed by atoms with Crippen molar-refractivity contribution in [1.29, 1.82) is 0 Å². The average Bonchev–Trinajstić information content (AvgIpc) is 3.07. The van der Waals surface area contributed by atoms with Crippen LogP contribution in [0.1, 0.15) is 41.2 Å². The normalized spacial score (nSPS) is 11.4. The highest BCUT2D eigenvalue weighted by Gasteiger charge is 2.15. The Morgan fingerprint density at radius 1 is 1.12 bits per heavy atom. The van der Waals surface area contributed by atoms with Crippen LogP contribution in [0.2, 0.25) is 0 Å². The zero-order chi connectivity index (χ0) is 24.0. The molecule has 0 saturated heterocycles. The lowest BCUT2D eigenvalue weighted by Gasteiger charge is -2.15. The third-order valence-corrected chi connectivity index (χ3v) is 5.08. The Bertz CT molecular complexity index is 1170. The van der Waals surface area contributed by atoms with E-state index in [0.29, 0.717) is 18.0 Å². The Morgan fingerprint density at radius 2 is 1.88 bits per heavy atom. The fourth-order valence-electron chi connectivity index (χ4n) is 3.34. The first-order valence-electron chi connectivity index (χ1n) is 10.7. The molecule has 0 aliphatic heterocycles. The second kappa shape index (κ2) is 10.7. The number of hydrogen-bond acceptors (Lipinski definition) is 4. The Kier molecular flexibility index (Phi) is 7.76. The van der Waals surface area contributed by atoms with Crippen molar-refractivity contribution in [2.24, 2.45) is 4.99 Å². The Labute approximate surface area is 191 Å². The van der Waals surface area contributed by atoms with Crippen LogP contribution in [0.4, 0.5) is 14.5 Å². The lowest BCUT2D eigenvalue weighted by Crippen LogP contribution is -2.36. The van der Waals surface area contributed by atoms with Crippen LogP contribution in [0.3, 0.4) is 0 Å². The summed E-state index contributed by atoms with van der Waals surface area (Å²) in [6, 6.07) is 10.2. The van der Waals surface area contributed by atoms with Gasteiger partial charge in [0.05, 0.1) is 24.5 Å². The largest absolute Gasteiger partial charge is 0.492 e. The predicted molar refractivity (Wildman–Crippen MR) is 124 cm³/mol. The van der Waals surface area contributed by atoms with E-state index in [1.807, 2.05) is 44.5 Å². The molecule has 3 rings (SSSR count). The summed E-state index contributed by atoms with van der Waals surface area (Å²) in [6.07, 6.45) is 0. The molecule has 1 heterocycles. The van der Waals surface area contributed by atoms with Gasteiger partial charge in [-0.25, -0.2) is 13.8 Å². The first-order chi connectivity index (χ1) is 15.8. The summed E-state index contributed by atoms with van der Waals surface area (Å²) in [5.41, 5.74) is 3.34. The molecule has 0 fully saturated rings. The van der Waals surface area contributed by atoms with Gasteiger partial charge in [-0.3, -0.25) is 14.8 Å². The van der Waals surface area contributed by atoms with Crippen molar-refractivity contribution in [3.05, 3.63) is 76.6 Å². The lowest BCUT2D eigenvalue weighted by molar-refractivity contribution is 0.0976. The molecule has 3 aromatic rings. The van der Waals surface area contributed by atoms with Gasteiger partial charge >= 0.3 is 0 Å². The highest BCUT2D eigenvalue weighted by molar-refractivity contribution is 6.10. The van der Waals surface area contributed by atoms with E-state index in [9.17, 15) is 13.6 Å². The Balaban J connectivity index is 1.92.